The minimum Gasteiger partial charge on any atom is -0.365 e. The number of aromatic nitrogens is 1. The van der Waals surface area contributed by atoms with Crippen LogP contribution >= 0.6 is 27.5 Å². The van der Waals surface area contributed by atoms with E-state index >= 15 is 0 Å². The van der Waals surface area contributed by atoms with Crippen molar-refractivity contribution in [1.82, 2.24) is 4.98 Å². The molecule has 0 unspecified atom stereocenters. The monoisotopic (exact) mass is 364 g/mol. The first-order valence-corrected chi connectivity index (χ1v) is 6.74. The molecule has 2 nitrogen and oxygen atoms in total. The predicted molar refractivity (Wildman–Crippen MR) is 75.7 cm³/mol. The van der Waals surface area contributed by atoms with Gasteiger partial charge in [0.15, 0.2) is 0 Å². The Morgan fingerprint density at radius 3 is 2.45 bits per heavy atom. The Kier molecular flexibility index (Phi) is 4.55. The van der Waals surface area contributed by atoms with E-state index in [9.17, 15) is 13.2 Å². The van der Waals surface area contributed by atoms with Crippen molar-refractivity contribution in [3.8, 4) is 0 Å². The summed E-state index contributed by atoms with van der Waals surface area (Å²) in [5, 5.41) is 3.26. The first kappa shape index (κ1) is 15.1. The molecule has 0 spiro atoms. The number of hydrogen-bond acceptors (Lipinski definition) is 2. The van der Waals surface area contributed by atoms with E-state index in [1.807, 2.05) is 0 Å². The van der Waals surface area contributed by atoms with E-state index in [0.29, 0.717) is 5.02 Å². The molecule has 0 radical (unpaired) electrons. The minimum atomic E-state index is -4.46. The molecule has 1 N–H and O–H groups in total. The molecule has 0 saturated carbocycles. The molecule has 0 bridgehead atoms. The summed E-state index contributed by atoms with van der Waals surface area (Å²) in [5.41, 5.74) is 0.00748. The summed E-state index contributed by atoms with van der Waals surface area (Å²) in [4.78, 5) is 3.77. The molecule has 1 aromatic carbocycles. The number of halogens is 5. The molecule has 0 amide bonds. The summed E-state index contributed by atoms with van der Waals surface area (Å²) in [5.74, 6) is -0.198. The van der Waals surface area contributed by atoms with Crippen LogP contribution < -0.4 is 5.32 Å². The van der Waals surface area contributed by atoms with Crippen LogP contribution in [0.4, 0.5) is 19.0 Å². The normalized spacial score (nSPS) is 11.4. The molecule has 0 aliphatic heterocycles. The van der Waals surface area contributed by atoms with Gasteiger partial charge in [0.05, 0.1) is 5.56 Å². The highest BCUT2D eigenvalue weighted by molar-refractivity contribution is 9.10. The van der Waals surface area contributed by atoms with Gasteiger partial charge < -0.3 is 5.32 Å². The van der Waals surface area contributed by atoms with Gasteiger partial charge in [-0.25, -0.2) is 4.98 Å². The minimum absolute atomic E-state index is 0.198. The van der Waals surface area contributed by atoms with Gasteiger partial charge in [0, 0.05) is 22.2 Å². The zero-order valence-electron chi connectivity index (χ0n) is 10.0. The highest BCUT2D eigenvalue weighted by Gasteiger charge is 2.34. The number of anilines is 1. The van der Waals surface area contributed by atoms with Crippen LogP contribution in [0.2, 0.25) is 5.02 Å². The maximum absolute atomic E-state index is 12.9. The number of hydrogen-bond donors (Lipinski definition) is 1. The first-order valence-electron chi connectivity index (χ1n) is 5.57. The molecular formula is C13H9BrClF3N2. The van der Waals surface area contributed by atoms with E-state index in [0.717, 1.165) is 11.6 Å². The summed E-state index contributed by atoms with van der Waals surface area (Å²) in [6.45, 7) is 0.231. The fourth-order valence-corrected chi connectivity index (χ4v) is 2.04. The third kappa shape index (κ3) is 3.86. The van der Waals surface area contributed by atoms with Gasteiger partial charge in [-0.15, -0.1) is 0 Å². The third-order valence-electron chi connectivity index (χ3n) is 2.53. The lowest BCUT2D eigenvalue weighted by atomic mass is 10.2. The number of nitrogens with one attached hydrogen (secondary N) is 1. The molecule has 2 aromatic rings. The Balaban J connectivity index is 2.19. The van der Waals surface area contributed by atoms with Crippen LogP contribution in [-0.2, 0) is 12.7 Å². The molecule has 2 rings (SSSR count). The standard InChI is InChI=1S/C13H9BrClF3N2/c14-9-5-11(13(16,17)18)12(20-7-9)19-6-8-1-3-10(15)4-2-8/h1-5,7H,6H2,(H,19,20). The predicted octanol–water partition coefficient (Wildman–Crippen LogP) is 5.13. The van der Waals surface area contributed by atoms with E-state index in [1.54, 1.807) is 24.3 Å². The van der Waals surface area contributed by atoms with Crippen molar-refractivity contribution in [3.05, 3.63) is 57.2 Å². The van der Waals surface area contributed by atoms with E-state index in [2.05, 4.69) is 26.2 Å². The summed E-state index contributed by atoms with van der Waals surface area (Å²) in [7, 11) is 0. The van der Waals surface area contributed by atoms with Crippen molar-refractivity contribution >= 4 is 33.3 Å². The van der Waals surface area contributed by atoms with Crippen LogP contribution in [0.25, 0.3) is 0 Å². The Hall–Kier alpha value is -1.27. The van der Waals surface area contributed by atoms with E-state index in [-0.39, 0.29) is 16.8 Å². The van der Waals surface area contributed by atoms with Crippen molar-refractivity contribution in [1.29, 1.82) is 0 Å². The number of pyridine rings is 1. The summed E-state index contributed by atoms with van der Waals surface area (Å²) < 4.78 is 38.9. The second-order valence-electron chi connectivity index (χ2n) is 4.03. The lowest BCUT2D eigenvalue weighted by Gasteiger charge is -2.14. The van der Waals surface area contributed by atoms with Gasteiger partial charge in [-0.1, -0.05) is 23.7 Å². The lowest BCUT2D eigenvalue weighted by molar-refractivity contribution is -0.137. The maximum Gasteiger partial charge on any atom is 0.419 e. The smallest absolute Gasteiger partial charge is 0.365 e. The second kappa shape index (κ2) is 6.01. The highest BCUT2D eigenvalue weighted by Crippen LogP contribution is 2.35. The van der Waals surface area contributed by atoms with Crippen LogP contribution in [0.3, 0.4) is 0 Å². The maximum atomic E-state index is 12.9. The third-order valence-corrected chi connectivity index (χ3v) is 3.22. The zero-order chi connectivity index (χ0) is 14.8. The Morgan fingerprint density at radius 1 is 1.20 bits per heavy atom. The molecule has 0 saturated heterocycles. The molecule has 7 heteroatoms. The number of alkyl halides is 3. The van der Waals surface area contributed by atoms with Crippen molar-refractivity contribution in [3.63, 3.8) is 0 Å². The molecule has 0 fully saturated rings. The SMILES string of the molecule is FC(F)(F)c1cc(Br)cnc1NCc1ccc(Cl)cc1. The summed E-state index contributed by atoms with van der Waals surface area (Å²) in [6, 6.07) is 7.83. The van der Waals surface area contributed by atoms with Crippen LogP contribution in [0.1, 0.15) is 11.1 Å². The van der Waals surface area contributed by atoms with Gasteiger partial charge in [0.1, 0.15) is 5.82 Å². The van der Waals surface area contributed by atoms with Crippen molar-refractivity contribution < 1.29 is 13.2 Å². The fourth-order valence-electron chi connectivity index (χ4n) is 1.58. The van der Waals surface area contributed by atoms with Gasteiger partial charge in [-0.05, 0) is 39.7 Å². The van der Waals surface area contributed by atoms with Crippen LogP contribution in [0.15, 0.2) is 41.0 Å². The molecule has 106 valence electrons. The fraction of sp³-hybridized carbons (Fsp3) is 0.154. The van der Waals surface area contributed by atoms with E-state index < -0.39 is 11.7 Å². The summed E-state index contributed by atoms with van der Waals surface area (Å²) >= 11 is 8.73. The molecule has 0 atom stereocenters. The molecule has 20 heavy (non-hydrogen) atoms. The topological polar surface area (TPSA) is 24.9 Å². The average Bonchev–Trinajstić information content (AvgIpc) is 2.38. The molecule has 0 aliphatic carbocycles. The van der Waals surface area contributed by atoms with Gasteiger partial charge in [0.25, 0.3) is 0 Å². The number of nitrogens with zero attached hydrogens (tertiary/aromatic N) is 1. The largest absolute Gasteiger partial charge is 0.419 e. The highest BCUT2D eigenvalue weighted by atomic mass is 79.9. The molecular weight excluding hydrogens is 357 g/mol. The molecule has 1 aromatic heterocycles. The average molecular weight is 366 g/mol. The number of benzene rings is 1. The van der Waals surface area contributed by atoms with Gasteiger partial charge in [-0.2, -0.15) is 13.2 Å². The quantitative estimate of drug-likeness (QED) is 0.816. The van der Waals surface area contributed by atoms with Crippen molar-refractivity contribution in [2.75, 3.05) is 5.32 Å². The van der Waals surface area contributed by atoms with Gasteiger partial charge in [-0.3, -0.25) is 0 Å². The molecule has 1 heterocycles. The first-order chi connectivity index (χ1) is 9.36. The van der Waals surface area contributed by atoms with E-state index in [1.165, 1.54) is 6.20 Å². The van der Waals surface area contributed by atoms with E-state index in [4.69, 9.17) is 11.6 Å². The second-order valence-corrected chi connectivity index (χ2v) is 5.38. The van der Waals surface area contributed by atoms with Crippen LogP contribution in [0, 0.1) is 0 Å². The molecule has 0 aliphatic rings. The van der Waals surface area contributed by atoms with Gasteiger partial charge >= 0.3 is 6.18 Å². The van der Waals surface area contributed by atoms with Crippen molar-refractivity contribution in [2.24, 2.45) is 0 Å². The van der Waals surface area contributed by atoms with Crippen molar-refractivity contribution in [2.45, 2.75) is 12.7 Å². The van der Waals surface area contributed by atoms with Crippen LogP contribution in [-0.4, -0.2) is 4.98 Å². The lowest BCUT2D eigenvalue weighted by Crippen LogP contribution is -2.12. The van der Waals surface area contributed by atoms with Gasteiger partial charge in [0.2, 0.25) is 0 Å². The van der Waals surface area contributed by atoms with Crippen LogP contribution in [0.5, 0.6) is 0 Å². The summed E-state index contributed by atoms with van der Waals surface area (Å²) in [6.07, 6.45) is -3.14. The Labute approximate surface area is 127 Å². The Bertz CT molecular complexity index is 600. The zero-order valence-corrected chi connectivity index (χ0v) is 12.4. The number of rotatable bonds is 3. The Morgan fingerprint density at radius 2 is 1.85 bits per heavy atom.